The number of anilines is 1. The summed E-state index contributed by atoms with van der Waals surface area (Å²) >= 11 is 9.18. The highest BCUT2D eigenvalue weighted by Crippen LogP contribution is 2.15. The third-order valence-corrected chi connectivity index (χ3v) is 3.61. The van der Waals surface area contributed by atoms with Gasteiger partial charge >= 0.3 is 11.8 Å². The van der Waals surface area contributed by atoms with E-state index in [-0.39, 0.29) is 0 Å². The second-order valence-electron chi connectivity index (χ2n) is 4.60. The van der Waals surface area contributed by atoms with Gasteiger partial charge in [-0.1, -0.05) is 45.7 Å². The Morgan fingerprint density at radius 1 is 1.05 bits per heavy atom. The fraction of sp³-hybridized carbons (Fsp3) is 0.125. The third kappa shape index (κ3) is 5.16. The van der Waals surface area contributed by atoms with Gasteiger partial charge in [0.1, 0.15) is 0 Å². The van der Waals surface area contributed by atoms with E-state index in [0.717, 1.165) is 10.0 Å². The number of carbonyl (C=O) groups excluding carboxylic acids is 2. The van der Waals surface area contributed by atoms with Gasteiger partial charge < -0.3 is 10.6 Å². The molecule has 0 fully saturated rings. The van der Waals surface area contributed by atoms with E-state index in [9.17, 15) is 9.59 Å². The SMILES string of the molecule is O=C(NCCc1cccc(Cl)c1)C(=O)Nc1cccc(Br)c1. The van der Waals surface area contributed by atoms with E-state index in [2.05, 4.69) is 26.6 Å². The molecule has 0 radical (unpaired) electrons. The second-order valence-corrected chi connectivity index (χ2v) is 5.95. The summed E-state index contributed by atoms with van der Waals surface area (Å²) in [6, 6.07) is 14.4. The molecule has 0 aromatic heterocycles. The molecular formula is C16H14BrClN2O2. The van der Waals surface area contributed by atoms with Crippen molar-refractivity contribution >= 4 is 45.0 Å². The van der Waals surface area contributed by atoms with Gasteiger partial charge in [0, 0.05) is 21.7 Å². The van der Waals surface area contributed by atoms with Crippen molar-refractivity contribution in [1.29, 1.82) is 0 Å². The number of benzene rings is 2. The number of rotatable bonds is 4. The van der Waals surface area contributed by atoms with Crippen LogP contribution in [0.3, 0.4) is 0 Å². The zero-order chi connectivity index (χ0) is 15.9. The summed E-state index contributed by atoms with van der Waals surface area (Å²) in [5.41, 5.74) is 1.56. The van der Waals surface area contributed by atoms with E-state index in [1.807, 2.05) is 24.3 Å². The van der Waals surface area contributed by atoms with Crippen LogP contribution in [0, 0.1) is 0 Å². The van der Waals surface area contributed by atoms with Crippen molar-refractivity contribution in [3.8, 4) is 0 Å². The minimum Gasteiger partial charge on any atom is -0.347 e. The number of carbonyl (C=O) groups is 2. The van der Waals surface area contributed by atoms with Gasteiger partial charge in [0.15, 0.2) is 0 Å². The Morgan fingerprint density at radius 2 is 1.82 bits per heavy atom. The molecular weight excluding hydrogens is 368 g/mol. The maximum atomic E-state index is 11.8. The first-order valence-corrected chi connectivity index (χ1v) is 7.81. The molecule has 0 aliphatic rings. The molecule has 6 heteroatoms. The lowest BCUT2D eigenvalue weighted by Crippen LogP contribution is -2.36. The van der Waals surface area contributed by atoms with Gasteiger partial charge in [-0.3, -0.25) is 9.59 Å². The van der Waals surface area contributed by atoms with Crippen molar-refractivity contribution in [3.63, 3.8) is 0 Å². The highest BCUT2D eigenvalue weighted by molar-refractivity contribution is 9.10. The zero-order valence-electron chi connectivity index (χ0n) is 11.6. The largest absolute Gasteiger partial charge is 0.347 e. The van der Waals surface area contributed by atoms with Gasteiger partial charge in [-0.05, 0) is 42.3 Å². The molecule has 0 heterocycles. The van der Waals surface area contributed by atoms with Crippen LogP contribution in [0.4, 0.5) is 5.69 Å². The number of hydrogen-bond acceptors (Lipinski definition) is 2. The molecule has 2 rings (SSSR count). The predicted octanol–water partition coefficient (Wildman–Crippen LogP) is 3.40. The molecule has 0 aliphatic carbocycles. The number of hydrogen-bond donors (Lipinski definition) is 2. The van der Waals surface area contributed by atoms with Crippen molar-refractivity contribution in [2.45, 2.75) is 6.42 Å². The molecule has 2 N–H and O–H groups in total. The van der Waals surface area contributed by atoms with Crippen LogP contribution in [0.5, 0.6) is 0 Å². The van der Waals surface area contributed by atoms with Gasteiger partial charge in [-0.15, -0.1) is 0 Å². The lowest BCUT2D eigenvalue weighted by atomic mass is 10.1. The van der Waals surface area contributed by atoms with Crippen molar-refractivity contribution in [2.75, 3.05) is 11.9 Å². The van der Waals surface area contributed by atoms with Crippen molar-refractivity contribution in [1.82, 2.24) is 5.32 Å². The number of amides is 2. The molecule has 4 nitrogen and oxygen atoms in total. The van der Waals surface area contributed by atoms with Crippen LogP contribution in [0.2, 0.25) is 5.02 Å². The van der Waals surface area contributed by atoms with Crippen LogP contribution in [0.25, 0.3) is 0 Å². The summed E-state index contributed by atoms with van der Waals surface area (Å²) in [6.45, 7) is 0.366. The Hall–Kier alpha value is -1.85. The predicted molar refractivity (Wildman–Crippen MR) is 90.9 cm³/mol. The van der Waals surface area contributed by atoms with Gasteiger partial charge in [-0.2, -0.15) is 0 Å². The molecule has 2 aromatic rings. The highest BCUT2D eigenvalue weighted by atomic mass is 79.9. The van der Waals surface area contributed by atoms with Crippen LogP contribution in [0.1, 0.15) is 5.56 Å². The molecule has 0 unspecified atom stereocenters. The highest BCUT2D eigenvalue weighted by Gasteiger charge is 2.13. The van der Waals surface area contributed by atoms with Crippen LogP contribution in [0.15, 0.2) is 53.0 Å². The van der Waals surface area contributed by atoms with E-state index >= 15 is 0 Å². The Kier molecular flexibility index (Phi) is 5.98. The number of nitrogens with one attached hydrogen (secondary N) is 2. The van der Waals surface area contributed by atoms with Gasteiger partial charge in [-0.25, -0.2) is 0 Å². The van der Waals surface area contributed by atoms with Crippen LogP contribution >= 0.6 is 27.5 Å². The Bertz CT molecular complexity index is 691. The smallest absolute Gasteiger partial charge is 0.313 e. The average Bonchev–Trinajstić information content (AvgIpc) is 2.47. The summed E-state index contributed by atoms with van der Waals surface area (Å²) in [5.74, 6) is -1.36. The summed E-state index contributed by atoms with van der Waals surface area (Å²) < 4.78 is 0.826. The fourth-order valence-electron chi connectivity index (χ4n) is 1.85. The molecule has 0 bridgehead atoms. The monoisotopic (exact) mass is 380 g/mol. The summed E-state index contributed by atoms with van der Waals surface area (Å²) in [6.07, 6.45) is 0.608. The van der Waals surface area contributed by atoms with E-state index in [1.54, 1.807) is 24.3 Å². The van der Waals surface area contributed by atoms with E-state index in [0.29, 0.717) is 23.7 Å². The molecule has 0 atom stereocenters. The quantitative estimate of drug-likeness (QED) is 0.798. The summed E-state index contributed by atoms with van der Waals surface area (Å²) in [7, 11) is 0. The lowest BCUT2D eigenvalue weighted by molar-refractivity contribution is -0.136. The summed E-state index contributed by atoms with van der Waals surface area (Å²) in [4.78, 5) is 23.5. The first-order chi connectivity index (χ1) is 10.5. The molecule has 0 saturated carbocycles. The molecule has 0 aliphatic heterocycles. The topological polar surface area (TPSA) is 58.2 Å². The lowest BCUT2D eigenvalue weighted by Gasteiger charge is -2.07. The summed E-state index contributed by atoms with van der Waals surface area (Å²) in [5, 5.41) is 5.77. The van der Waals surface area contributed by atoms with Crippen LogP contribution < -0.4 is 10.6 Å². The Morgan fingerprint density at radius 3 is 2.55 bits per heavy atom. The van der Waals surface area contributed by atoms with Gasteiger partial charge in [0.2, 0.25) is 0 Å². The van der Waals surface area contributed by atoms with E-state index in [4.69, 9.17) is 11.6 Å². The molecule has 22 heavy (non-hydrogen) atoms. The van der Waals surface area contributed by atoms with Gasteiger partial charge in [0.05, 0.1) is 0 Å². The molecule has 114 valence electrons. The van der Waals surface area contributed by atoms with Crippen molar-refractivity contribution in [2.24, 2.45) is 0 Å². The maximum absolute atomic E-state index is 11.8. The Balaban J connectivity index is 1.80. The standard InChI is InChI=1S/C16H14BrClN2O2/c17-12-4-2-6-14(10-12)20-16(22)15(21)19-8-7-11-3-1-5-13(18)9-11/h1-6,9-10H,7-8H2,(H,19,21)(H,20,22). The van der Waals surface area contributed by atoms with Crippen LogP contribution in [-0.4, -0.2) is 18.4 Å². The Labute approximate surface area is 142 Å². The average molecular weight is 382 g/mol. The normalized spacial score (nSPS) is 10.1. The van der Waals surface area contributed by atoms with E-state index < -0.39 is 11.8 Å². The molecule has 2 aromatic carbocycles. The van der Waals surface area contributed by atoms with E-state index in [1.165, 1.54) is 0 Å². The number of halogens is 2. The molecule has 2 amide bonds. The molecule has 0 spiro atoms. The van der Waals surface area contributed by atoms with Crippen LogP contribution in [-0.2, 0) is 16.0 Å². The zero-order valence-corrected chi connectivity index (χ0v) is 13.9. The minimum absolute atomic E-state index is 0.366. The minimum atomic E-state index is -0.691. The van der Waals surface area contributed by atoms with Crippen molar-refractivity contribution in [3.05, 3.63) is 63.6 Å². The molecule has 0 saturated heterocycles. The van der Waals surface area contributed by atoms with Crippen molar-refractivity contribution < 1.29 is 9.59 Å². The second kappa shape index (κ2) is 7.96. The fourth-order valence-corrected chi connectivity index (χ4v) is 2.46. The first-order valence-electron chi connectivity index (χ1n) is 6.64. The first kappa shape index (κ1) is 16.5. The van der Waals surface area contributed by atoms with Gasteiger partial charge in [0.25, 0.3) is 0 Å². The maximum Gasteiger partial charge on any atom is 0.313 e. The third-order valence-electron chi connectivity index (χ3n) is 2.88.